The van der Waals surface area contributed by atoms with Crippen molar-refractivity contribution in [2.45, 2.75) is 32.9 Å². The van der Waals surface area contributed by atoms with Crippen LogP contribution in [0.2, 0.25) is 10.0 Å². The molecular formula is C21H21Cl2N5O3S. The third-order valence-electron chi connectivity index (χ3n) is 4.51. The van der Waals surface area contributed by atoms with Gasteiger partial charge in [0.1, 0.15) is 6.04 Å². The van der Waals surface area contributed by atoms with Gasteiger partial charge >= 0.3 is 0 Å². The van der Waals surface area contributed by atoms with Gasteiger partial charge in [0.05, 0.1) is 25.5 Å². The predicted octanol–water partition coefficient (Wildman–Crippen LogP) is 3.91. The average molecular weight is 494 g/mol. The Balaban J connectivity index is 1.69. The Kier molecular flexibility index (Phi) is 7.33. The van der Waals surface area contributed by atoms with Crippen molar-refractivity contribution in [2.75, 3.05) is 7.05 Å². The van der Waals surface area contributed by atoms with Gasteiger partial charge in [0, 0.05) is 13.1 Å². The van der Waals surface area contributed by atoms with Crippen molar-refractivity contribution >= 4 is 63.6 Å². The van der Waals surface area contributed by atoms with Crippen LogP contribution < -0.4 is 10.7 Å². The minimum Gasteiger partial charge on any atom is -0.349 e. The fraction of sp³-hybridized carbons (Fsp3) is 0.286. The second-order valence-corrected chi connectivity index (χ2v) is 9.29. The van der Waals surface area contributed by atoms with Crippen LogP contribution in [0.25, 0.3) is 0 Å². The molecule has 2 N–H and O–H groups in total. The molecule has 2 heterocycles. The van der Waals surface area contributed by atoms with Crippen LogP contribution in [0.4, 0.5) is 0 Å². The number of nitrogens with zero attached hydrogens (tertiary/aromatic N) is 3. The molecule has 11 heteroatoms. The molecule has 1 atom stereocenters. The van der Waals surface area contributed by atoms with E-state index in [1.807, 2.05) is 13.8 Å². The average Bonchev–Trinajstić information content (AvgIpc) is 3.33. The van der Waals surface area contributed by atoms with Crippen LogP contribution in [0.15, 0.2) is 40.5 Å². The first-order valence-corrected chi connectivity index (χ1v) is 11.2. The maximum absolute atomic E-state index is 13.0. The summed E-state index contributed by atoms with van der Waals surface area (Å²) >= 11 is 13.1. The highest BCUT2D eigenvalue weighted by molar-refractivity contribution is 7.15. The predicted molar refractivity (Wildman–Crippen MR) is 127 cm³/mol. The number of halogens is 2. The molecule has 2 aromatic rings. The van der Waals surface area contributed by atoms with Gasteiger partial charge < -0.3 is 5.32 Å². The molecule has 1 aliphatic heterocycles. The number of Topliss-reactive ketones (excluding diaryl/α,β-unsaturated/α-hetero) is 1. The minimum absolute atomic E-state index is 0.00953. The number of thiophene rings is 1. The fourth-order valence-corrected chi connectivity index (χ4v) is 4.13. The van der Waals surface area contributed by atoms with Crippen LogP contribution in [0.3, 0.4) is 0 Å². The number of likely N-dealkylation sites (N-methyl/N-ethyl adjacent to an activating group) is 1. The molecule has 0 spiro atoms. The van der Waals surface area contributed by atoms with Crippen molar-refractivity contribution in [1.82, 2.24) is 15.8 Å². The number of hydrazone groups is 2. The van der Waals surface area contributed by atoms with Crippen molar-refractivity contribution in [3.63, 3.8) is 0 Å². The molecule has 2 amide bonds. The summed E-state index contributed by atoms with van der Waals surface area (Å²) < 4.78 is 0. The smallest absolute Gasteiger partial charge is 0.281 e. The Morgan fingerprint density at radius 2 is 1.78 bits per heavy atom. The molecule has 0 aliphatic carbocycles. The number of hydrogen-bond acceptors (Lipinski definition) is 7. The van der Waals surface area contributed by atoms with Crippen molar-refractivity contribution < 1.29 is 14.4 Å². The molecule has 32 heavy (non-hydrogen) atoms. The monoisotopic (exact) mass is 493 g/mol. The first-order chi connectivity index (χ1) is 15.1. The summed E-state index contributed by atoms with van der Waals surface area (Å²) in [5.74, 6) is -1.01. The number of amides is 2. The third-order valence-corrected chi connectivity index (χ3v) is 6.34. The van der Waals surface area contributed by atoms with E-state index in [1.54, 1.807) is 44.3 Å². The summed E-state index contributed by atoms with van der Waals surface area (Å²) in [7, 11) is 1.67. The topological polar surface area (TPSA) is 103 Å². The van der Waals surface area contributed by atoms with Crippen LogP contribution in [-0.2, 0) is 4.79 Å². The molecule has 168 valence electrons. The van der Waals surface area contributed by atoms with E-state index >= 15 is 0 Å². The Hall–Kier alpha value is -2.75. The summed E-state index contributed by atoms with van der Waals surface area (Å²) in [6.45, 7) is 5.29. The Morgan fingerprint density at radius 3 is 2.41 bits per heavy atom. The van der Waals surface area contributed by atoms with Crippen molar-refractivity contribution in [3.05, 3.63) is 55.7 Å². The first kappa shape index (κ1) is 23.9. The molecule has 1 aliphatic rings. The molecule has 0 bridgehead atoms. The minimum atomic E-state index is -0.667. The fourth-order valence-electron chi connectivity index (χ4n) is 3.02. The van der Waals surface area contributed by atoms with E-state index < -0.39 is 11.9 Å². The molecule has 0 saturated heterocycles. The second kappa shape index (κ2) is 9.81. The number of carbonyl (C=O) groups is 3. The van der Waals surface area contributed by atoms with Gasteiger partial charge in [-0.15, -0.1) is 11.3 Å². The van der Waals surface area contributed by atoms with Gasteiger partial charge in [-0.25, -0.2) is 5.43 Å². The lowest BCUT2D eigenvalue weighted by molar-refractivity contribution is -0.115. The van der Waals surface area contributed by atoms with Gasteiger partial charge in [-0.3, -0.25) is 19.4 Å². The van der Waals surface area contributed by atoms with Gasteiger partial charge in [-0.2, -0.15) is 10.2 Å². The van der Waals surface area contributed by atoms with Crippen LogP contribution >= 0.6 is 34.5 Å². The Morgan fingerprint density at radius 1 is 1.12 bits per heavy atom. The van der Waals surface area contributed by atoms with Crippen molar-refractivity contribution in [3.8, 4) is 0 Å². The number of ketones is 1. The number of carbonyl (C=O) groups excluding carboxylic acids is 3. The number of rotatable bonds is 6. The van der Waals surface area contributed by atoms with Gasteiger partial charge in [-0.1, -0.05) is 29.3 Å². The van der Waals surface area contributed by atoms with Gasteiger partial charge in [0.15, 0.2) is 5.71 Å². The number of benzene rings is 1. The highest BCUT2D eigenvalue weighted by atomic mass is 35.5. The normalized spacial score (nSPS) is 16.4. The molecular weight excluding hydrogens is 473 g/mol. The van der Waals surface area contributed by atoms with E-state index in [2.05, 4.69) is 20.9 Å². The Bertz CT molecular complexity index is 1140. The van der Waals surface area contributed by atoms with E-state index in [4.69, 9.17) is 23.2 Å². The maximum atomic E-state index is 13.0. The lowest BCUT2D eigenvalue weighted by atomic mass is 9.99. The molecule has 1 unspecified atom stereocenters. The third kappa shape index (κ3) is 5.17. The SMILES string of the molecule is C/C(=N\NC(=O)c1ccc(C(=O)NC(C)C)s1)C1=NN(C)C(c2ccc(Cl)c(Cl)c2)C1=O. The summed E-state index contributed by atoms with van der Waals surface area (Å²) in [5, 5.41) is 13.3. The summed E-state index contributed by atoms with van der Waals surface area (Å²) in [6.07, 6.45) is 0. The first-order valence-electron chi connectivity index (χ1n) is 9.64. The molecule has 0 radical (unpaired) electrons. The molecule has 8 nitrogen and oxygen atoms in total. The highest BCUT2D eigenvalue weighted by Gasteiger charge is 2.36. The van der Waals surface area contributed by atoms with E-state index in [-0.39, 0.29) is 29.2 Å². The number of hydrogen-bond donors (Lipinski definition) is 2. The quantitative estimate of drug-likeness (QED) is 0.470. The van der Waals surface area contributed by atoms with E-state index in [1.165, 1.54) is 5.01 Å². The summed E-state index contributed by atoms with van der Waals surface area (Å²) in [5.41, 5.74) is 3.45. The second-order valence-electron chi connectivity index (χ2n) is 7.39. The zero-order valence-electron chi connectivity index (χ0n) is 17.8. The zero-order valence-corrected chi connectivity index (χ0v) is 20.1. The summed E-state index contributed by atoms with van der Waals surface area (Å²) in [4.78, 5) is 38.2. The molecule has 0 fully saturated rings. The summed E-state index contributed by atoms with van der Waals surface area (Å²) in [6, 6.07) is 7.41. The van der Waals surface area contributed by atoms with Gasteiger partial charge in [0.25, 0.3) is 11.8 Å². The largest absolute Gasteiger partial charge is 0.349 e. The van der Waals surface area contributed by atoms with Crippen LogP contribution in [-0.4, -0.2) is 47.1 Å². The molecule has 3 rings (SSSR count). The standard InChI is InChI=1S/C21H21Cl2N5O3S/c1-10(2)24-20(30)15-7-8-16(32-15)21(31)26-25-11(3)17-19(29)18(28(4)27-17)12-5-6-13(22)14(23)9-12/h5-10,18H,1-4H3,(H,24,30)(H,26,31)/b25-11+. The van der Waals surface area contributed by atoms with E-state index in [0.717, 1.165) is 11.3 Å². The van der Waals surface area contributed by atoms with E-state index in [0.29, 0.717) is 25.4 Å². The van der Waals surface area contributed by atoms with Gasteiger partial charge in [-0.05, 0) is 50.6 Å². The van der Waals surface area contributed by atoms with Gasteiger partial charge in [0.2, 0.25) is 5.78 Å². The van der Waals surface area contributed by atoms with Crippen molar-refractivity contribution in [1.29, 1.82) is 0 Å². The lowest BCUT2D eigenvalue weighted by Gasteiger charge is -2.17. The zero-order chi connectivity index (χ0) is 23.6. The molecule has 1 aromatic heterocycles. The van der Waals surface area contributed by atoms with Crippen LogP contribution in [0, 0.1) is 0 Å². The van der Waals surface area contributed by atoms with Crippen LogP contribution in [0.1, 0.15) is 51.7 Å². The lowest BCUT2D eigenvalue weighted by Crippen LogP contribution is -2.29. The molecule has 0 saturated carbocycles. The number of nitrogens with one attached hydrogen (secondary N) is 2. The molecule has 1 aromatic carbocycles. The van der Waals surface area contributed by atoms with Crippen LogP contribution in [0.5, 0.6) is 0 Å². The van der Waals surface area contributed by atoms with Crippen molar-refractivity contribution in [2.24, 2.45) is 10.2 Å². The highest BCUT2D eigenvalue weighted by Crippen LogP contribution is 2.31. The van der Waals surface area contributed by atoms with E-state index in [9.17, 15) is 14.4 Å². The maximum Gasteiger partial charge on any atom is 0.281 e. The Labute approximate surface area is 199 Å².